The number of hydrogen-bond donors (Lipinski definition) is 0. The molecule has 0 saturated carbocycles. The van der Waals surface area contributed by atoms with Crippen molar-refractivity contribution in [3.8, 4) is 5.75 Å². The third-order valence-corrected chi connectivity index (χ3v) is 4.47. The Morgan fingerprint density at radius 2 is 1.75 bits per heavy atom. The first-order valence-corrected chi connectivity index (χ1v) is 8.55. The fourth-order valence-electron chi connectivity index (χ4n) is 2.71. The van der Waals surface area contributed by atoms with Crippen LogP contribution in [0.2, 0.25) is 0 Å². The fraction of sp³-hybridized carbons (Fsp3) is 0.450. The average molecular weight is 329 g/mol. The van der Waals surface area contributed by atoms with Gasteiger partial charge in [-0.05, 0) is 48.5 Å². The average Bonchev–Trinajstić information content (AvgIpc) is 2.63. The summed E-state index contributed by atoms with van der Waals surface area (Å²) >= 11 is 0. The number of rotatable bonds is 8. The number of fused-ring (bicyclic) bond motifs is 1. The molecule has 0 aliphatic heterocycles. The molecule has 0 N–H and O–H groups in total. The highest BCUT2D eigenvalue weighted by molar-refractivity contribution is 5.86. The number of benzene rings is 2. The number of hydrogen-bond acceptors (Lipinski definition) is 4. The number of esters is 1. The lowest BCUT2D eigenvalue weighted by molar-refractivity contribution is -0.145. The molecule has 1 atom stereocenters. The minimum atomic E-state index is -0.270. The number of nitrogens with zero attached hydrogens (tertiary/aromatic N) is 1. The van der Waals surface area contributed by atoms with Crippen molar-refractivity contribution in [1.82, 2.24) is 4.90 Å². The van der Waals surface area contributed by atoms with Crippen LogP contribution in [0.1, 0.15) is 32.3 Å². The number of carbonyl (C=O) groups is 1. The molecule has 0 heterocycles. The van der Waals surface area contributed by atoms with Gasteiger partial charge in [0.05, 0.1) is 13.0 Å². The standard InChI is InChI=1S/C20H27NO3/c1-5-21(6-2)11-12-24-20(22)15(3)16-7-8-18-14-19(23-4)10-9-17(18)13-16/h7-10,13-15H,5-6,11-12H2,1-4H3. The van der Waals surface area contributed by atoms with Crippen molar-refractivity contribution < 1.29 is 14.3 Å². The highest BCUT2D eigenvalue weighted by Gasteiger charge is 2.17. The van der Waals surface area contributed by atoms with Crippen molar-refractivity contribution in [2.24, 2.45) is 0 Å². The van der Waals surface area contributed by atoms with Crippen LogP contribution in [0.25, 0.3) is 10.8 Å². The lowest BCUT2D eigenvalue weighted by Crippen LogP contribution is -2.28. The maximum Gasteiger partial charge on any atom is 0.313 e. The molecular formula is C20H27NO3. The van der Waals surface area contributed by atoms with E-state index < -0.39 is 0 Å². The van der Waals surface area contributed by atoms with Crippen LogP contribution in [0.3, 0.4) is 0 Å². The van der Waals surface area contributed by atoms with Gasteiger partial charge < -0.3 is 14.4 Å². The van der Waals surface area contributed by atoms with Crippen molar-refractivity contribution >= 4 is 16.7 Å². The van der Waals surface area contributed by atoms with E-state index in [9.17, 15) is 4.79 Å². The minimum absolute atomic E-state index is 0.171. The van der Waals surface area contributed by atoms with E-state index in [1.807, 2.05) is 43.3 Å². The number of likely N-dealkylation sites (N-methyl/N-ethyl adjacent to an activating group) is 1. The summed E-state index contributed by atoms with van der Waals surface area (Å²) in [4.78, 5) is 14.5. The molecule has 0 amide bonds. The lowest BCUT2D eigenvalue weighted by Gasteiger charge is -2.18. The smallest absolute Gasteiger partial charge is 0.313 e. The Hall–Kier alpha value is -2.07. The zero-order valence-electron chi connectivity index (χ0n) is 15.0. The second-order valence-electron chi connectivity index (χ2n) is 5.89. The van der Waals surface area contributed by atoms with Gasteiger partial charge >= 0.3 is 5.97 Å². The monoisotopic (exact) mass is 329 g/mol. The molecule has 2 aromatic rings. The first kappa shape index (κ1) is 18.3. The van der Waals surface area contributed by atoms with Gasteiger partial charge in [0.15, 0.2) is 0 Å². The molecule has 0 aliphatic carbocycles. The molecule has 0 spiro atoms. The summed E-state index contributed by atoms with van der Waals surface area (Å²) in [5.41, 5.74) is 0.973. The Labute approximate surface area is 144 Å². The second-order valence-corrected chi connectivity index (χ2v) is 5.89. The molecule has 0 aromatic heterocycles. The maximum absolute atomic E-state index is 12.3. The van der Waals surface area contributed by atoms with Crippen LogP contribution in [0.4, 0.5) is 0 Å². The van der Waals surface area contributed by atoms with Crippen LogP contribution in [0.5, 0.6) is 5.75 Å². The normalized spacial score (nSPS) is 12.4. The molecule has 0 aliphatic rings. The van der Waals surface area contributed by atoms with Crippen molar-refractivity contribution in [2.45, 2.75) is 26.7 Å². The molecule has 1 unspecified atom stereocenters. The van der Waals surface area contributed by atoms with Crippen molar-refractivity contribution in [3.63, 3.8) is 0 Å². The summed E-state index contributed by atoms with van der Waals surface area (Å²) in [6.45, 7) is 9.27. The fourth-order valence-corrected chi connectivity index (χ4v) is 2.71. The zero-order valence-corrected chi connectivity index (χ0v) is 15.0. The van der Waals surface area contributed by atoms with Gasteiger partial charge in [-0.25, -0.2) is 0 Å². The Kier molecular flexibility index (Phi) is 6.62. The van der Waals surface area contributed by atoms with E-state index >= 15 is 0 Å². The quantitative estimate of drug-likeness (QED) is 0.690. The Morgan fingerprint density at radius 1 is 1.08 bits per heavy atom. The Bertz CT molecular complexity index is 680. The van der Waals surface area contributed by atoms with Crippen LogP contribution in [0, 0.1) is 0 Å². The molecule has 2 rings (SSSR count). The van der Waals surface area contributed by atoms with E-state index in [0.29, 0.717) is 6.61 Å². The second kappa shape index (κ2) is 8.69. The predicted molar refractivity (Wildman–Crippen MR) is 97.7 cm³/mol. The molecule has 0 radical (unpaired) electrons. The largest absolute Gasteiger partial charge is 0.497 e. The molecule has 4 nitrogen and oxygen atoms in total. The van der Waals surface area contributed by atoms with E-state index in [1.54, 1.807) is 7.11 Å². The van der Waals surface area contributed by atoms with Gasteiger partial charge in [-0.3, -0.25) is 4.79 Å². The highest BCUT2D eigenvalue weighted by Crippen LogP contribution is 2.25. The van der Waals surface area contributed by atoms with E-state index in [4.69, 9.17) is 9.47 Å². The van der Waals surface area contributed by atoms with Gasteiger partial charge in [-0.2, -0.15) is 0 Å². The van der Waals surface area contributed by atoms with Crippen molar-refractivity contribution in [3.05, 3.63) is 42.0 Å². The first-order chi connectivity index (χ1) is 11.6. The van der Waals surface area contributed by atoms with Gasteiger partial charge in [0.2, 0.25) is 0 Å². The van der Waals surface area contributed by atoms with Gasteiger partial charge in [-0.1, -0.05) is 38.1 Å². The molecule has 4 heteroatoms. The van der Waals surface area contributed by atoms with E-state index in [1.165, 1.54) is 0 Å². The van der Waals surface area contributed by atoms with Crippen LogP contribution in [-0.4, -0.2) is 44.2 Å². The summed E-state index contributed by atoms with van der Waals surface area (Å²) < 4.78 is 10.7. The van der Waals surface area contributed by atoms with Gasteiger partial charge in [0, 0.05) is 6.54 Å². The summed E-state index contributed by atoms with van der Waals surface area (Å²) in [6, 6.07) is 12.0. The van der Waals surface area contributed by atoms with Gasteiger partial charge in [0.1, 0.15) is 12.4 Å². The third kappa shape index (κ3) is 4.48. The van der Waals surface area contributed by atoms with Crippen LogP contribution in [-0.2, 0) is 9.53 Å². The lowest BCUT2D eigenvalue weighted by atomic mass is 9.98. The molecule has 0 bridgehead atoms. The topological polar surface area (TPSA) is 38.8 Å². The predicted octanol–water partition coefficient (Wildman–Crippen LogP) is 3.84. The molecular weight excluding hydrogens is 302 g/mol. The molecule has 0 saturated heterocycles. The molecule has 0 fully saturated rings. The Morgan fingerprint density at radius 3 is 2.42 bits per heavy atom. The van der Waals surface area contributed by atoms with Gasteiger partial charge in [-0.15, -0.1) is 0 Å². The maximum atomic E-state index is 12.3. The third-order valence-electron chi connectivity index (χ3n) is 4.47. The molecule has 24 heavy (non-hydrogen) atoms. The highest BCUT2D eigenvalue weighted by atomic mass is 16.5. The van der Waals surface area contributed by atoms with Crippen molar-refractivity contribution in [1.29, 1.82) is 0 Å². The van der Waals surface area contributed by atoms with E-state index in [2.05, 4.69) is 18.7 Å². The van der Waals surface area contributed by atoms with E-state index in [0.717, 1.165) is 41.7 Å². The van der Waals surface area contributed by atoms with Crippen LogP contribution >= 0.6 is 0 Å². The van der Waals surface area contributed by atoms with E-state index in [-0.39, 0.29) is 11.9 Å². The van der Waals surface area contributed by atoms with Crippen LogP contribution in [0.15, 0.2) is 36.4 Å². The SMILES string of the molecule is CCN(CC)CCOC(=O)C(C)c1ccc2cc(OC)ccc2c1. The first-order valence-electron chi connectivity index (χ1n) is 8.55. The Balaban J connectivity index is 2.01. The number of methoxy groups -OCH3 is 1. The number of ether oxygens (including phenoxy) is 2. The van der Waals surface area contributed by atoms with Crippen LogP contribution < -0.4 is 4.74 Å². The number of carbonyl (C=O) groups excluding carboxylic acids is 1. The van der Waals surface area contributed by atoms with Gasteiger partial charge in [0.25, 0.3) is 0 Å². The van der Waals surface area contributed by atoms with Crippen molar-refractivity contribution in [2.75, 3.05) is 33.4 Å². The molecule has 130 valence electrons. The summed E-state index contributed by atoms with van der Waals surface area (Å²) in [5.74, 6) is 0.391. The molecule has 2 aromatic carbocycles. The zero-order chi connectivity index (χ0) is 17.5. The summed E-state index contributed by atoms with van der Waals surface area (Å²) in [6.07, 6.45) is 0. The summed E-state index contributed by atoms with van der Waals surface area (Å²) in [7, 11) is 1.66. The minimum Gasteiger partial charge on any atom is -0.497 e. The summed E-state index contributed by atoms with van der Waals surface area (Å²) in [5, 5.41) is 2.19.